The fourth-order valence-electron chi connectivity index (χ4n) is 17.4. The van der Waals surface area contributed by atoms with Gasteiger partial charge in [0.25, 0.3) is 0 Å². The van der Waals surface area contributed by atoms with E-state index < -0.39 is 5.41 Å². The van der Waals surface area contributed by atoms with Crippen LogP contribution in [0.5, 0.6) is 0 Å². The van der Waals surface area contributed by atoms with Crippen LogP contribution in [0, 0.1) is 27.7 Å². The van der Waals surface area contributed by atoms with Crippen molar-refractivity contribution in [2.45, 2.75) is 137 Å². The lowest BCUT2D eigenvalue weighted by Crippen LogP contribution is -2.25. The zero-order chi connectivity index (χ0) is 85.0. The summed E-state index contributed by atoms with van der Waals surface area (Å²) in [6, 6.07) is 53.5. The summed E-state index contributed by atoms with van der Waals surface area (Å²) in [5.41, 5.74) is 32.9. The highest BCUT2D eigenvalue weighted by Gasteiger charge is 2.44. The number of aromatic amines is 4. The Kier molecular flexibility index (Phi) is 27.3. The topological polar surface area (TPSA) is 115 Å². The molecule has 0 unspecified atom stereocenters. The molecule has 24 heteroatoms. The monoisotopic (exact) mass is 2610 g/mol. The zero-order valence-corrected chi connectivity index (χ0v) is 91.5. The highest BCUT2D eigenvalue weighted by atomic mass is 79.9. The minimum absolute atomic E-state index is 0.505. The fraction of sp³-hybridized carbons (Fsp3) is 0.216. The van der Waals surface area contributed by atoms with Gasteiger partial charge in [-0.2, -0.15) is 0 Å². The smallest absolute Gasteiger partial charge is 0.0891 e. The van der Waals surface area contributed by atoms with Crippen molar-refractivity contribution in [1.82, 2.24) is 39.9 Å². The molecule has 0 amide bonds. The second-order valence-corrected chi connectivity index (χ2v) is 44.2. The van der Waals surface area contributed by atoms with Gasteiger partial charge in [-0.05, 0) is 375 Å². The summed E-state index contributed by atoms with van der Waals surface area (Å²) in [6.07, 6.45) is 15.6. The number of nitrogens with zero attached hydrogens (tertiary/aromatic N) is 4. The quantitative estimate of drug-likeness (QED) is 0.0569. The molecule has 1 aliphatic carbocycles. The minimum Gasteiger partial charge on any atom is -0.353 e. The normalized spacial score (nSPS) is 13.8. The maximum atomic E-state index is 6.02. The van der Waals surface area contributed by atoms with Gasteiger partial charge in [-0.15, -0.1) is 0 Å². The molecule has 0 fully saturated rings. The number of unbranched alkanes of at least 4 members (excludes halogenated alkanes) is 10. The molecule has 0 atom stereocenters. The summed E-state index contributed by atoms with van der Waals surface area (Å²) in [5, 5.41) is 0. The van der Waals surface area contributed by atoms with E-state index >= 15 is 0 Å². The van der Waals surface area contributed by atoms with E-state index in [-0.39, 0.29) is 0 Å². The number of hydrogen-bond acceptors (Lipinski definition) is 4. The van der Waals surface area contributed by atoms with E-state index in [1.165, 1.54) is 60.8 Å². The molecular weight excluding hydrogens is 2560 g/mol. The van der Waals surface area contributed by atoms with E-state index in [2.05, 4.69) is 462 Å². The summed E-state index contributed by atoms with van der Waals surface area (Å²) in [7, 11) is 0. The number of fused-ring (bicyclic) bond motifs is 19. The van der Waals surface area contributed by atoms with Gasteiger partial charge in [0.15, 0.2) is 0 Å². The molecule has 614 valence electrons. The molecule has 6 aromatic carbocycles. The Bertz CT molecular complexity index is 6340. The third-order valence-corrected chi connectivity index (χ3v) is 40.6. The van der Waals surface area contributed by atoms with Crippen LogP contribution in [-0.4, -0.2) is 39.9 Å². The average Bonchev–Trinajstić information content (AvgIpc) is 1.55. The maximum absolute atomic E-state index is 6.02. The van der Waals surface area contributed by atoms with E-state index in [9.17, 15) is 0 Å². The molecule has 16 bridgehead atoms. The van der Waals surface area contributed by atoms with E-state index in [0.29, 0.717) is 0 Å². The number of nitrogens with one attached hydrogen (secondary N) is 4. The van der Waals surface area contributed by atoms with Crippen molar-refractivity contribution < 1.29 is 0 Å². The van der Waals surface area contributed by atoms with Crippen LogP contribution in [0.2, 0.25) is 0 Å². The molecule has 5 aliphatic rings. The minimum atomic E-state index is -0.505. The van der Waals surface area contributed by atoms with Crippen molar-refractivity contribution in [2.75, 3.05) is 0 Å². The van der Waals surface area contributed by atoms with Crippen LogP contribution in [0.4, 0.5) is 0 Å². The van der Waals surface area contributed by atoms with Crippen LogP contribution in [0.15, 0.2) is 181 Å². The first-order chi connectivity index (χ1) is 58.2. The van der Waals surface area contributed by atoms with Gasteiger partial charge in [0.05, 0.1) is 161 Å². The van der Waals surface area contributed by atoms with Crippen LogP contribution < -0.4 is 0 Å². The Hall–Kier alpha value is -3.80. The average molecular weight is 2630 g/mol. The molecule has 10 heterocycles. The zero-order valence-electron chi connectivity index (χ0n) is 66.1. The molecular formula is C97H74Br16N8. The number of aromatic nitrogens is 8. The Morgan fingerprint density at radius 2 is 0.488 bits per heavy atom. The Labute approximate surface area is 838 Å². The summed E-state index contributed by atoms with van der Waals surface area (Å²) >= 11 is 67.4. The Morgan fingerprint density at radius 3 is 0.785 bits per heavy atom. The molecule has 8 nitrogen and oxygen atoms in total. The van der Waals surface area contributed by atoms with E-state index in [1.54, 1.807) is 0 Å². The van der Waals surface area contributed by atoms with Crippen molar-refractivity contribution in [3.63, 3.8) is 0 Å². The Balaban J connectivity index is 1.000. The van der Waals surface area contributed by atoms with Gasteiger partial charge in [0.1, 0.15) is 0 Å². The lowest BCUT2D eigenvalue weighted by molar-refractivity contribution is 0.398. The third-order valence-electron chi connectivity index (χ3n) is 23.7. The molecule has 0 spiro atoms. The molecule has 12 aromatic rings. The molecule has 0 saturated carbocycles. The SMILES string of the molecule is CCCCCCCCC1(CCCCCCCC)c2cc(-c3c4nc(c(-c5ccc(C)cc5)c5[nH]c(cc6nc(c(-c7ccc(C)cc7)c7[nH]c3c(Br)c7Br)C(Br)=C6Br)c(Br)c5Br)C(Br)=C4Br)ccc2-c2ccc(-c3c4nc(c(-c5ccc(C)cc5)c5[nH]c(cc6nc(c(-c7ccc(C)cc7)c7[nH]c3c(Br)c7Br)C(Br)=C6Br)c(Br)c5Br)C(Br)=C4Br)cc21. The molecule has 6 aromatic heterocycles. The van der Waals surface area contributed by atoms with E-state index in [4.69, 9.17) is 19.9 Å². The lowest BCUT2D eigenvalue weighted by atomic mass is 9.70. The molecule has 0 radical (unpaired) electrons. The summed E-state index contributed by atoms with van der Waals surface area (Å²) < 4.78 is 13.1. The number of benzene rings is 6. The van der Waals surface area contributed by atoms with Gasteiger partial charge in [0, 0.05) is 38.8 Å². The van der Waals surface area contributed by atoms with Gasteiger partial charge in [-0.1, -0.05) is 234 Å². The number of rotatable bonds is 20. The van der Waals surface area contributed by atoms with Crippen LogP contribution in [-0.2, 0) is 5.41 Å². The van der Waals surface area contributed by atoms with Gasteiger partial charge in [-0.25, -0.2) is 19.9 Å². The molecule has 0 saturated heterocycles. The highest BCUT2D eigenvalue weighted by molar-refractivity contribution is 9.19. The van der Waals surface area contributed by atoms with Crippen molar-refractivity contribution in [1.29, 1.82) is 0 Å². The first-order valence-corrected chi connectivity index (χ1v) is 52.8. The van der Waals surface area contributed by atoms with Gasteiger partial charge >= 0.3 is 0 Å². The highest BCUT2D eigenvalue weighted by Crippen LogP contribution is 2.60. The van der Waals surface area contributed by atoms with Gasteiger partial charge < -0.3 is 19.9 Å². The predicted molar refractivity (Wildman–Crippen MR) is 570 cm³/mol. The molecule has 121 heavy (non-hydrogen) atoms. The van der Waals surface area contributed by atoms with E-state index in [0.717, 1.165) is 302 Å². The maximum Gasteiger partial charge on any atom is 0.0891 e. The fourth-order valence-corrected chi connectivity index (χ4v) is 24.9. The third kappa shape index (κ3) is 16.4. The van der Waals surface area contributed by atoms with Crippen LogP contribution in [0.1, 0.15) is 183 Å². The largest absolute Gasteiger partial charge is 0.353 e. The number of hydrogen-bond donors (Lipinski definition) is 4. The second-order valence-electron chi connectivity index (χ2n) is 31.6. The van der Waals surface area contributed by atoms with Crippen LogP contribution in [0.25, 0.3) is 158 Å². The van der Waals surface area contributed by atoms with Gasteiger partial charge in [0.2, 0.25) is 0 Å². The van der Waals surface area contributed by atoms with E-state index in [1.807, 2.05) is 0 Å². The lowest BCUT2D eigenvalue weighted by Gasteiger charge is -2.33. The summed E-state index contributed by atoms with van der Waals surface area (Å²) in [6.45, 7) is 13.1. The molecule has 4 aliphatic heterocycles. The number of aryl methyl sites for hydroxylation is 4. The van der Waals surface area contributed by atoms with Gasteiger partial charge in [-0.3, -0.25) is 0 Å². The predicted octanol–water partition coefficient (Wildman–Crippen LogP) is 38.5. The van der Waals surface area contributed by atoms with Crippen molar-refractivity contribution in [3.8, 4) is 77.9 Å². The summed E-state index contributed by atoms with van der Waals surface area (Å²) in [5.74, 6) is 0. The number of H-pyrrole nitrogens is 4. The standard InChI is InChI=1S/C97H74Br16N8/c1-7-9-11-13-15-17-39-97(40-18-16-14-12-10-8-2)57-41-53(67-93-81(110)77(106)89(118-93)63(49-27-19-45(3)20-28-49)85-73(102)69(98)59(114-85)43-60-70(99)74(103)86(115-60)64(50-29-21-46(4)22-30-50)90-78(107)82(111)94(67)119-90)35-37-55(57)56-38-36-54(42-58(56)97)68-95-83(112)79(108)91(120-95)65(51-31-23-47(5)24-32-51)87-75(104)71(100)61(116-87)44-62-72(101)76(105)88(117-62)66(52-33-25-48(6)26-34-52)92-80(109)84(113)96(68)121-92/h19-38,41-44,114,116,119,121H,7-18,39-40H2,1-6H3. The number of halogens is 16. The molecule has 4 N–H and O–H groups in total. The molecule has 17 rings (SSSR count). The van der Waals surface area contributed by atoms with Crippen LogP contribution in [0.3, 0.4) is 0 Å². The second kappa shape index (κ2) is 37.0. The first-order valence-electron chi connectivity index (χ1n) is 40.1. The van der Waals surface area contributed by atoms with Crippen molar-refractivity contribution >= 4 is 335 Å². The van der Waals surface area contributed by atoms with Crippen LogP contribution >= 0.6 is 255 Å². The first kappa shape index (κ1) is 89.2. The summed E-state index contributed by atoms with van der Waals surface area (Å²) in [4.78, 5) is 39.3. The Morgan fingerprint density at radius 1 is 0.248 bits per heavy atom. The van der Waals surface area contributed by atoms with Crippen molar-refractivity contribution in [2.24, 2.45) is 0 Å². The van der Waals surface area contributed by atoms with Crippen molar-refractivity contribution in [3.05, 3.63) is 260 Å².